The minimum atomic E-state index is -3.75. The van der Waals surface area contributed by atoms with Gasteiger partial charge in [0.1, 0.15) is 0 Å². The van der Waals surface area contributed by atoms with Crippen LogP contribution >= 0.6 is 0 Å². The van der Waals surface area contributed by atoms with Crippen molar-refractivity contribution in [3.8, 4) is 0 Å². The van der Waals surface area contributed by atoms with Crippen molar-refractivity contribution in [2.45, 2.75) is 18.7 Å². The first-order valence-electron chi connectivity index (χ1n) is 6.79. The molecule has 1 aromatic rings. The fourth-order valence-corrected chi connectivity index (χ4v) is 5.38. The van der Waals surface area contributed by atoms with Gasteiger partial charge < -0.3 is 0 Å². The van der Waals surface area contributed by atoms with Crippen LogP contribution in [0.25, 0.3) is 0 Å². The van der Waals surface area contributed by atoms with E-state index >= 15 is 0 Å². The molecule has 1 amide bonds. The number of benzene rings is 1. The lowest BCUT2D eigenvalue weighted by molar-refractivity contribution is -0.123. The molecule has 0 aromatic heterocycles. The number of carbonyl (C=O) groups excluding carboxylic acids is 1. The number of nitrogens with zero attached hydrogens (tertiary/aromatic N) is 1. The third-order valence-corrected chi connectivity index (χ3v) is 6.84. The number of anilines is 1. The van der Waals surface area contributed by atoms with E-state index in [4.69, 9.17) is 0 Å². The summed E-state index contributed by atoms with van der Waals surface area (Å²) in [4.78, 5) is 12.2. The Morgan fingerprint density at radius 1 is 1.30 bits per heavy atom. The maximum atomic E-state index is 12.3. The van der Waals surface area contributed by atoms with Gasteiger partial charge in [-0.25, -0.2) is 25.9 Å². The molecule has 0 radical (unpaired) electrons. The minimum Gasteiger partial charge on any atom is -0.273 e. The van der Waals surface area contributed by atoms with Gasteiger partial charge >= 0.3 is 0 Å². The lowest BCUT2D eigenvalue weighted by atomic mass is 9.95. The summed E-state index contributed by atoms with van der Waals surface area (Å²) >= 11 is 0. The normalized spacial score (nSPS) is 19.7. The fourth-order valence-electron chi connectivity index (χ4n) is 2.27. The number of carbonyl (C=O) groups is 1. The van der Waals surface area contributed by atoms with Crippen LogP contribution in [0.3, 0.4) is 0 Å². The summed E-state index contributed by atoms with van der Waals surface area (Å²) in [6.45, 7) is 6.63. The molecule has 1 aliphatic heterocycles. The van der Waals surface area contributed by atoms with Crippen LogP contribution in [-0.2, 0) is 24.8 Å². The molecule has 2 rings (SSSR count). The topological polar surface area (TPSA) is 101 Å². The van der Waals surface area contributed by atoms with Crippen molar-refractivity contribution in [1.29, 1.82) is 0 Å². The molecular formula is C14H18N2O5S2. The average Bonchev–Trinajstić information content (AvgIpc) is 2.61. The molecule has 0 unspecified atom stereocenters. The Morgan fingerprint density at radius 2 is 1.87 bits per heavy atom. The lowest BCUT2D eigenvalue weighted by Crippen LogP contribution is -2.33. The Hall–Kier alpha value is -1.71. The molecule has 7 nitrogen and oxygen atoms in total. The summed E-state index contributed by atoms with van der Waals surface area (Å²) < 4.78 is 51.3. The number of sulfonamides is 2. The van der Waals surface area contributed by atoms with Crippen molar-refractivity contribution in [1.82, 2.24) is 4.72 Å². The van der Waals surface area contributed by atoms with Gasteiger partial charge in [0.05, 0.1) is 21.8 Å². The SMILES string of the molecule is C=CCNS(=O)(=O)c1ccc(N2C(=O)C(C)(C)CS2(=O)=O)cc1. The molecule has 1 fully saturated rings. The van der Waals surface area contributed by atoms with Crippen LogP contribution in [0.15, 0.2) is 41.8 Å². The largest absolute Gasteiger partial charge is 0.273 e. The van der Waals surface area contributed by atoms with Gasteiger partial charge in [0, 0.05) is 6.54 Å². The summed E-state index contributed by atoms with van der Waals surface area (Å²) in [6, 6.07) is 5.13. The van der Waals surface area contributed by atoms with Crippen LogP contribution in [0.4, 0.5) is 5.69 Å². The molecule has 0 atom stereocenters. The third-order valence-electron chi connectivity index (χ3n) is 3.38. The van der Waals surface area contributed by atoms with Gasteiger partial charge in [0.25, 0.3) is 0 Å². The van der Waals surface area contributed by atoms with Crippen LogP contribution in [0.5, 0.6) is 0 Å². The van der Waals surface area contributed by atoms with Crippen LogP contribution in [0.2, 0.25) is 0 Å². The average molecular weight is 358 g/mol. The van der Waals surface area contributed by atoms with Gasteiger partial charge in [-0.2, -0.15) is 0 Å². The first-order chi connectivity index (χ1) is 10.5. The van der Waals surface area contributed by atoms with Crippen molar-refractivity contribution in [3.05, 3.63) is 36.9 Å². The van der Waals surface area contributed by atoms with Crippen LogP contribution in [0, 0.1) is 5.41 Å². The van der Waals surface area contributed by atoms with Gasteiger partial charge in [0.2, 0.25) is 26.0 Å². The Morgan fingerprint density at radius 3 is 2.30 bits per heavy atom. The second kappa shape index (κ2) is 5.73. The van der Waals surface area contributed by atoms with Gasteiger partial charge in [-0.1, -0.05) is 6.08 Å². The van der Waals surface area contributed by atoms with Crippen LogP contribution < -0.4 is 9.03 Å². The summed E-state index contributed by atoms with van der Waals surface area (Å²) in [5.74, 6) is -0.808. The highest BCUT2D eigenvalue weighted by atomic mass is 32.2. The zero-order valence-corrected chi connectivity index (χ0v) is 14.4. The van der Waals surface area contributed by atoms with E-state index in [2.05, 4.69) is 11.3 Å². The Labute approximate surface area is 136 Å². The molecular weight excluding hydrogens is 340 g/mol. The highest BCUT2D eigenvalue weighted by molar-refractivity contribution is 7.94. The van der Waals surface area contributed by atoms with Gasteiger partial charge in [0.15, 0.2) is 0 Å². The summed E-state index contributed by atoms with van der Waals surface area (Å²) in [5, 5.41) is 0. The molecule has 9 heteroatoms. The van der Waals surface area contributed by atoms with Crippen molar-refractivity contribution in [2.75, 3.05) is 16.6 Å². The molecule has 126 valence electrons. The number of hydrogen-bond donors (Lipinski definition) is 1. The highest BCUT2D eigenvalue weighted by Gasteiger charge is 2.49. The second-order valence-electron chi connectivity index (χ2n) is 5.84. The molecule has 1 aromatic carbocycles. The van der Waals surface area contributed by atoms with E-state index in [1.54, 1.807) is 13.8 Å². The first-order valence-corrected chi connectivity index (χ1v) is 9.88. The number of rotatable bonds is 5. The molecule has 0 saturated carbocycles. The Balaban J connectivity index is 2.37. The van der Waals surface area contributed by atoms with Gasteiger partial charge in [-0.3, -0.25) is 4.79 Å². The van der Waals surface area contributed by atoms with Crippen molar-refractivity contribution in [2.24, 2.45) is 5.41 Å². The smallest absolute Gasteiger partial charge is 0.247 e. The maximum Gasteiger partial charge on any atom is 0.247 e. The number of hydrogen-bond acceptors (Lipinski definition) is 5. The molecule has 1 heterocycles. The number of nitrogens with one attached hydrogen (secondary N) is 1. The zero-order valence-electron chi connectivity index (χ0n) is 12.8. The number of amides is 1. The predicted molar refractivity (Wildman–Crippen MR) is 86.9 cm³/mol. The van der Waals surface area contributed by atoms with E-state index in [-0.39, 0.29) is 22.9 Å². The molecule has 23 heavy (non-hydrogen) atoms. The van der Waals surface area contributed by atoms with Gasteiger partial charge in [-0.05, 0) is 38.1 Å². The monoisotopic (exact) mass is 358 g/mol. The third kappa shape index (κ3) is 3.31. The van der Waals surface area contributed by atoms with E-state index in [1.807, 2.05) is 0 Å². The van der Waals surface area contributed by atoms with E-state index in [1.165, 1.54) is 30.3 Å². The Kier molecular flexibility index (Phi) is 4.40. The molecule has 0 spiro atoms. The summed E-state index contributed by atoms with van der Waals surface area (Å²) in [6.07, 6.45) is 1.41. The quantitative estimate of drug-likeness (QED) is 0.787. The summed E-state index contributed by atoms with van der Waals surface area (Å²) in [7, 11) is -7.46. The van der Waals surface area contributed by atoms with Crippen molar-refractivity contribution in [3.63, 3.8) is 0 Å². The van der Waals surface area contributed by atoms with Crippen molar-refractivity contribution < 1.29 is 21.6 Å². The Bertz CT molecular complexity index is 840. The standard InChI is InChI=1S/C14H18N2O5S2/c1-4-9-15-23(20,21)12-7-5-11(6-8-12)16-13(17)14(2,3)10-22(16,18)19/h4-8,15H,1,9-10H2,2-3H3. The highest BCUT2D eigenvalue weighted by Crippen LogP contribution is 2.35. The second-order valence-corrected chi connectivity index (χ2v) is 9.43. The predicted octanol–water partition coefficient (Wildman–Crippen LogP) is 0.854. The fraction of sp³-hybridized carbons (Fsp3) is 0.357. The van der Waals surface area contributed by atoms with E-state index in [9.17, 15) is 21.6 Å². The minimum absolute atomic E-state index is 0.0218. The van der Waals surface area contributed by atoms with E-state index in [0.717, 1.165) is 4.31 Å². The molecule has 1 saturated heterocycles. The van der Waals surface area contributed by atoms with E-state index < -0.39 is 31.4 Å². The summed E-state index contributed by atoms with van der Waals surface area (Å²) in [5.41, 5.74) is -0.877. The first kappa shape index (κ1) is 17.6. The zero-order chi connectivity index (χ0) is 17.5. The maximum absolute atomic E-state index is 12.3. The molecule has 0 bridgehead atoms. The van der Waals surface area contributed by atoms with Crippen LogP contribution in [-0.4, -0.2) is 35.0 Å². The molecule has 0 aliphatic carbocycles. The molecule has 1 aliphatic rings. The van der Waals surface area contributed by atoms with Gasteiger partial charge in [-0.15, -0.1) is 6.58 Å². The molecule has 1 N–H and O–H groups in total. The lowest BCUT2D eigenvalue weighted by Gasteiger charge is -2.17. The van der Waals surface area contributed by atoms with Crippen LogP contribution in [0.1, 0.15) is 13.8 Å². The van der Waals surface area contributed by atoms with Crippen molar-refractivity contribution >= 4 is 31.6 Å². The van der Waals surface area contributed by atoms with E-state index in [0.29, 0.717) is 0 Å².